The maximum absolute atomic E-state index is 5.03. The van der Waals surface area contributed by atoms with Gasteiger partial charge in [0.1, 0.15) is 17.8 Å². The van der Waals surface area contributed by atoms with Crippen molar-refractivity contribution < 1.29 is 0 Å². The second-order valence-corrected chi connectivity index (χ2v) is 7.35. The van der Waals surface area contributed by atoms with E-state index in [0.29, 0.717) is 6.04 Å². The van der Waals surface area contributed by atoms with E-state index in [2.05, 4.69) is 62.7 Å². The van der Waals surface area contributed by atoms with E-state index >= 15 is 0 Å². The number of benzene rings is 1. The number of hydrogen-bond donors (Lipinski definition) is 1. The average Bonchev–Trinajstić information content (AvgIpc) is 3.18. The van der Waals surface area contributed by atoms with Gasteiger partial charge in [0.05, 0.1) is 11.4 Å². The number of anilines is 1. The van der Waals surface area contributed by atoms with Crippen LogP contribution >= 0.6 is 0 Å². The Morgan fingerprint density at radius 2 is 1.97 bits per heavy atom. The van der Waals surface area contributed by atoms with Crippen molar-refractivity contribution in [1.29, 1.82) is 0 Å². The SMILES string of the molecule is C=C(/C=C/CC)N1CCC(n2nc(-c3ccccc3)c3c(NC)ncnc32)CC1. The van der Waals surface area contributed by atoms with Gasteiger partial charge in [0.15, 0.2) is 5.65 Å². The number of rotatable bonds is 6. The van der Waals surface area contributed by atoms with E-state index in [4.69, 9.17) is 5.10 Å². The molecule has 3 aromatic rings. The summed E-state index contributed by atoms with van der Waals surface area (Å²) in [4.78, 5) is 11.4. The number of fused-ring (bicyclic) bond motifs is 1. The summed E-state index contributed by atoms with van der Waals surface area (Å²) in [6.07, 6.45) is 8.98. The Morgan fingerprint density at radius 1 is 1.21 bits per heavy atom. The molecule has 1 aliphatic heterocycles. The summed E-state index contributed by atoms with van der Waals surface area (Å²) >= 11 is 0. The van der Waals surface area contributed by atoms with Gasteiger partial charge in [-0.3, -0.25) is 0 Å². The first-order valence-corrected chi connectivity index (χ1v) is 10.3. The predicted octanol–water partition coefficient (Wildman–Crippen LogP) is 4.65. The highest BCUT2D eigenvalue weighted by atomic mass is 15.3. The van der Waals surface area contributed by atoms with Crippen LogP contribution in [0.2, 0.25) is 0 Å². The largest absolute Gasteiger partial charge is 0.372 e. The van der Waals surface area contributed by atoms with Crippen LogP contribution in [0.15, 0.2) is 61.1 Å². The van der Waals surface area contributed by atoms with E-state index in [1.165, 1.54) is 0 Å². The smallest absolute Gasteiger partial charge is 0.164 e. The van der Waals surface area contributed by atoms with Gasteiger partial charge in [0.25, 0.3) is 0 Å². The van der Waals surface area contributed by atoms with Crippen molar-refractivity contribution in [2.45, 2.75) is 32.2 Å². The molecule has 0 spiro atoms. The summed E-state index contributed by atoms with van der Waals surface area (Å²) in [5.41, 5.74) is 4.01. The fourth-order valence-electron chi connectivity index (χ4n) is 3.97. The third-order valence-electron chi connectivity index (χ3n) is 5.54. The average molecular weight is 389 g/mol. The molecule has 0 saturated carbocycles. The summed E-state index contributed by atoms with van der Waals surface area (Å²) in [5.74, 6) is 0.815. The van der Waals surface area contributed by atoms with Crippen LogP contribution in [-0.4, -0.2) is 44.8 Å². The van der Waals surface area contributed by atoms with Gasteiger partial charge < -0.3 is 10.2 Å². The molecule has 1 aromatic carbocycles. The second kappa shape index (κ2) is 8.47. The Morgan fingerprint density at radius 3 is 2.66 bits per heavy atom. The zero-order valence-electron chi connectivity index (χ0n) is 17.2. The van der Waals surface area contributed by atoms with E-state index in [-0.39, 0.29) is 0 Å². The van der Waals surface area contributed by atoms with Gasteiger partial charge in [-0.05, 0) is 25.3 Å². The van der Waals surface area contributed by atoms with Crippen LogP contribution in [0.1, 0.15) is 32.2 Å². The van der Waals surface area contributed by atoms with Crippen LogP contribution in [0.3, 0.4) is 0 Å². The van der Waals surface area contributed by atoms with Gasteiger partial charge in [-0.25, -0.2) is 14.6 Å². The molecule has 0 atom stereocenters. The molecule has 1 saturated heterocycles. The molecular formula is C23H28N6. The third kappa shape index (κ3) is 3.75. The highest BCUT2D eigenvalue weighted by Gasteiger charge is 2.26. The molecule has 6 heteroatoms. The lowest BCUT2D eigenvalue weighted by molar-refractivity contribution is 0.227. The van der Waals surface area contributed by atoms with Crippen molar-refractivity contribution in [3.05, 3.63) is 61.1 Å². The summed E-state index contributed by atoms with van der Waals surface area (Å²) < 4.78 is 2.11. The van der Waals surface area contributed by atoms with Crippen molar-refractivity contribution in [3.63, 3.8) is 0 Å². The number of allylic oxidation sites excluding steroid dienone is 2. The molecule has 0 bridgehead atoms. The van der Waals surface area contributed by atoms with E-state index in [1.54, 1.807) is 6.33 Å². The standard InChI is InChI=1S/C23H28N6/c1-4-5-9-17(2)28-14-12-19(13-15-28)29-23-20(22(24-3)25-16-26-23)21(27-29)18-10-7-6-8-11-18/h5-11,16,19H,2,4,12-15H2,1,3H3,(H,24,25,26)/b9-5+. The molecule has 0 radical (unpaired) electrons. The van der Waals surface area contributed by atoms with Gasteiger partial charge in [-0.15, -0.1) is 0 Å². The third-order valence-corrected chi connectivity index (χ3v) is 5.54. The van der Waals surface area contributed by atoms with Crippen molar-refractivity contribution in [2.75, 3.05) is 25.5 Å². The lowest BCUT2D eigenvalue weighted by Gasteiger charge is -2.34. The van der Waals surface area contributed by atoms with Crippen molar-refractivity contribution in [2.24, 2.45) is 0 Å². The number of aromatic nitrogens is 4. The van der Waals surface area contributed by atoms with Crippen LogP contribution in [0.5, 0.6) is 0 Å². The Balaban J connectivity index is 1.67. The van der Waals surface area contributed by atoms with Crippen LogP contribution in [0, 0.1) is 0 Å². The van der Waals surface area contributed by atoms with Gasteiger partial charge in [0.2, 0.25) is 0 Å². The first-order valence-electron chi connectivity index (χ1n) is 10.3. The molecule has 0 aliphatic carbocycles. The van der Waals surface area contributed by atoms with E-state index < -0.39 is 0 Å². The zero-order chi connectivity index (χ0) is 20.2. The number of likely N-dealkylation sites (tertiary alicyclic amines) is 1. The Labute approximate surface area is 172 Å². The topological polar surface area (TPSA) is 58.9 Å². The first-order chi connectivity index (χ1) is 14.2. The normalized spacial score (nSPS) is 15.3. The molecule has 3 heterocycles. The van der Waals surface area contributed by atoms with Crippen LogP contribution in [-0.2, 0) is 0 Å². The maximum Gasteiger partial charge on any atom is 0.164 e. The molecule has 0 amide bonds. The number of hydrogen-bond acceptors (Lipinski definition) is 5. The van der Waals surface area contributed by atoms with Gasteiger partial charge in [-0.1, -0.05) is 49.9 Å². The quantitative estimate of drug-likeness (QED) is 0.623. The highest BCUT2D eigenvalue weighted by Crippen LogP contribution is 2.35. The minimum Gasteiger partial charge on any atom is -0.372 e. The summed E-state index contributed by atoms with van der Waals surface area (Å²) in [7, 11) is 1.89. The molecule has 1 N–H and O–H groups in total. The Bertz CT molecular complexity index is 1010. The van der Waals surface area contributed by atoms with Crippen LogP contribution in [0.4, 0.5) is 5.82 Å². The van der Waals surface area contributed by atoms with Crippen LogP contribution < -0.4 is 5.32 Å². The van der Waals surface area contributed by atoms with Gasteiger partial charge >= 0.3 is 0 Å². The molecule has 1 aliphatic rings. The Kier molecular flexibility index (Phi) is 5.60. The minimum absolute atomic E-state index is 0.314. The molecular weight excluding hydrogens is 360 g/mol. The van der Waals surface area contributed by atoms with Crippen LogP contribution in [0.25, 0.3) is 22.3 Å². The number of piperidine rings is 1. The fourth-order valence-corrected chi connectivity index (χ4v) is 3.97. The first kappa shape index (κ1) is 19.2. The van der Waals surface area contributed by atoms with E-state index in [9.17, 15) is 0 Å². The van der Waals surface area contributed by atoms with Gasteiger partial charge in [0, 0.05) is 31.4 Å². The van der Waals surface area contributed by atoms with Crippen molar-refractivity contribution in [1.82, 2.24) is 24.6 Å². The monoisotopic (exact) mass is 388 g/mol. The highest BCUT2D eigenvalue weighted by molar-refractivity contribution is 5.99. The molecule has 150 valence electrons. The van der Waals surface area contributed by atoms with Gasteiger partial charge in [-0.2, -0.15) is 5.10 Å². The summed E-state index contributed by atoms with van der Waals surface area (Å²) in [5, 5.41) is 9.22. The summed E-state index contributed by atoms with van der Waals surface area (Å²) in [6, 6.07) is 10.6. The zero-order valence-corrected chi connectivity index (χ0v) is 17.2. The molecule has 2 aromatic heterocycles. The minimum atomic E-state index is 0.314. The maximum atomic E-state index is 5.03. The lowest BCUT2D eigenvalue weighted by atomic mass is 10.0. The predicted molar refractivity (Wildman–Crippen MR) is 119 cm³/mol. The fraction of sp³-hybridized carbons (Fsp3) is 0.348. The van der Waals surface area contributed by atoms with Crippen molar-refractivity contribution >= 4 is 16.9 Å². The second-order valence-electron chi connectivity index (χ2n) is 7.35. The summed E-state index contributed by atoms with van der Waals surface area (Å²) in [6.45, 7) is 8.31. The lowest BCUT2D eigenvalue weighted by Crippen LogP contribution is -2.33. The van der Waals surface area contributed by atoms with E-state index in [0.717, 1.165) is 66.2 Å². The van der Waals surface area contributed by atoms with E-state index in [1.807, 2.05) is 25.2 Å². The molecule has 29 heavy (non-hydrogen) atoms. The molecule has 6 nitrogen and oxygen atoms in total. The molecule has 1 fully saturated rings. The molecule has 4 rings (SSSR count). The Hall–Kier alpha value is -3.15. The number of nitrogens with one attached hydrogen (secondary N) is 1. The molecule has 0 unspecified atom stereocenters. The van der Waals surface area contributed by atoms with Crippen molar-refractivity contribution in [3.8, 4) is 11.3 Å². The number of nitrogens with zero attached hydrogens (tertiary/aromatic N) is 5.